The fraction of sp³-hybridized carbons (Fsp3) is 0.200. The first-order valence-corrected chi connectivity index (χ1v) is 10.4. The lowest BCUT2D eigenvalue weighted by Crippen LogP contribution is -2.48. The lowest BCUT2D eigenvalue weighted by atomic mass is 10.1. The molecule has 3 aromatic carbocycles. The van der Waals surface area contributed by atoms with E-state index in [9.17, 15) is 8.42 Å². The second-order valence-corrected chi connectivity index (χ2v) is 8.70. The number of hydrogen-bond donors (Lipinski definition) is 0. The number of piperazine rings is 1. The van der Waals surface area contributed by atoms with E-state index in [0.717, 1.165) is 16.5 Å². The average molecular weight is 387 g/mol. The summed E-state index contributed by atoms with van der Waals surface area (Å²) in [7, 11) is -3.50. The van der Waals surface area contributed by atoms with Crippen molar-refractivity contribution in [2.75, 3.05) is 31.1 Å². The molecule has 0 aromatic heterocycles. The van der Waals surface area contributed by atoms with E-state index in [1.165, 1.54) is 0 Å². The smallest absolute Gasteiger partial charge is 0.243 e. The molecule has 1 aliphatic rings. The molecular weight excluding hydrogens is 368 g/mol. The van der Waals surface area contributed by atoms with Crippen LogP contribution in [0.4, 0.5) is 5.69 Å². The molecular formula is C20H19ClN2O2S. The van der Waals surface area contributed by atoms with Crippen LogP contribution < -0.4 is 4.90 Å². The minimum absolute atomic E-state index is 0.349. The first-order chi connectivity index (χ1) is 12.6. The van der Waals surface area contributed by atoms with Crippen LogP contribution in [0, 0.1) is 0 Å². The Balaban J connectivity index is 1.55. The predicted molar refractivity (Wildman–Crippen MR) is 106 cm³/mol. The van der Waals surface area contributed by atoms with Gasteiger partial charge in [0.15, 0.2) is 0 Å². The minimum Gasteiger partial charge on any atom is -0.368 e. The molecule has 0 amide bonds. The third kappa shape index (κ3) is 3.18. The number of anilines is 1. The number of benzene rings is 3. The van der Waals surface area contributed by atoms with Gasteiger partial charge in [-0.25, -0.2) is 8.42 Å². The van der Waals surface area contributed by atoms with E-state index in [4.69, 9.17) is 11.6 Å². The minimum atomic E-state index is -3.50. The molecule has 1 fully saturated rings. The summed E-state index contributed by atoms with van der Waals surface area (Å²) < 4.78 is 27.6. The van der Waals surface area contributed by atoms with Crippen LogP contribution in [0.5, 0.6) is 0 Å². The van der Waals surface area contributed by atoms with Gasteiger partial charge in [-0.3, -0.25) is 0 Å². The molecule has 0 aliphatic carbocycles. The number of fused-ring (bicyclic) bond motifs is 1. The van der Waals surface area contributed by atoms with Gasteiger partial charge in [-0.2, -0.15) is 4.31 Å². The van der Waals surface area contributed by atoms with Crippen molar-refractivity contribution >= 4 is 38.1 Å². The maximum Gasteiger partial charge on any atom is 0.243 e. The topological polar surface area (TPSA) is 40.6 Å². The number of rotatable bonds is 3. The zero-order valence-electron chi connectivity index (χ0n) is 14.2. The maximum atomic E-state index is 13.0. The summed E-state index contributed by atoms with van der Waals surface area (Å²) in [5.41, 5.74) is 0.955. The standard InChI is InChI=1S/C20H19ClN2O2S/c21-19-7-3-4-8-20(19)22-11-13-23(14-12-22)26(24,25)18-10-9-16-5-1-2-6-17(16)15-18/h1-10,15H,11-14H2. The van der Waals surface area contributed by atoms with E-state index in [2.05, 4.69) is 4.90 Å². The fourth-order valence-electron chi connectivity index (χ4n) is 3.35. The molecule has 0 spiro atoms. The van der Waals surface area contributed by atoms with Gasteiger partial charge in [0.2, 0.25) is 10.0 Å². The molecule has 0 N–H and O–H groups in total. The summed E-state index contributed by atoms with van der Waals surface area (Å²) in [5, 5.41) is 2.66. The van der Waals surface area contributed by atoms with Gasteiger partial charge in [-0.05, 0) is 35.0 Å². The van der Waals surface area contributed by atoms with E-state index >= 15 is 0 Å². The van der Waals surface area contributed by atoms with Gasteiger partial charge in [0.05, 0.1) is 15.6 Å². The Morgan fingerprint density at radius 1 is 0.769 bits per heavy atom. The van der Waals surface area contributed by atoms with Crippen molar-refractivity contribution in [2.45, 2.75) is 4.90 Å². The third-order valence-electron chi connectivity index (χ3n) is 4.79. The number of sulfonamides is 1. The van der Waals surface area contributed by atoms with Crippen molar-refractivity contribution in [3.63, 3.8) is 0 Å². The van der Waals surface area contributed by atoms with Crippen LogP contribution in [0.15, 0.2) is 71.6 Å². The Morgan fingerprint density at radius 2 is 1.42 bits per heavy atom. The van der Waals surface area contributed by atoms with Crippen molar-refractivity contribution in [3.05, 3.63) is 71.8 Å². The molecule has 3 aromatic rings. The number of halogens is 1. The lowest BCUT2D eigenvalue weighted by molar-refractivity contribution is 0.385. The van der Waals surface area contributed by atoms with Gasteiger partial charge in [-0.1, -0.05) is 54.1 Å². The van der Waals surface area contributed by atoms with E-state index in [-0.39, 0.29) is 0 Å². The Bertz CT molecular complexity index is 1040. The zero-order valence-corrected chi connectivity index (χ0v) is 15.7. The summed E-state index contributed by atoms with van der Waals surface area (Å²) in [4.78, 5) is 2.48. The van der Waals surface area contributed by atoms with Crippen LogP contribution in [0.3, 0.4) is 0 Å². The number of hydrogen-bond acceptors (Lipinski definition) is 3. The van der Waals surface area contributed by atoms with E-state index in [0.29, 0.717) is 36.1 Å². The van der Waals surface area contributed by atoms with Gasteiger partial charge in [-0.15, -0.1) is 0 Å². The second kappa shape index (κ2) is 6.91. The summed E-state index contributed by atoms with van der Waals surface area (Å²) in [6, 6.07) is 20.8. The Morgan fingerprint density at radius 3 is 2.15 bits per heavy atom. The largest absolute Gasteiger partial charge is 0.368 e. The zero-order chi connectivity index (χ0) is 18.1. The summed E-state index contributed by atoms with van der Waals surface area (Å²) >= 11 is 6.26. The summed E-state index contributed by atoms with van der Waals surface area (Å²) in [5.74, 6) is 0. The van der Waals surface area contributed by atoms with Crippen LogP contribution in [-0.4, -0.2) is 38.9 Å². The average Bonchev–Trinajstić information content (AvgIpc) is 2.68. The first kappa shape index (κ1) is 17.3. The van der Waals surface area contributed by atoms with Crippen molar-refractivity contribution in [1.82, 2.24) is 4.31 Å². The van der Waals surface area contributed by atoms with Crippen molar-refractivity contribution in [3.8, 4) is 0 Å². The molecule has 1 saturated heterocycles. The first-order valence-electron chi connectivity index (χ1n) is 8.54. The Kier molecular flexibility index (Phi) is 4.61. The summed E-state index contributed by atoms with van der Waals surface area (Å²) in [6.45, 7) is 2.13. The van der Waals surface area contributed by atoms with Crippen LogP contribution in [0.25, 0.3) is 10.8 Å². The molecule has 4 nitrogen and oxygen atoms in total. The molecule has 0 atom stereocenters. The lowest BCUT2D eigenvalue weighted by Gasteiger charge is -2.35. The Labute approximate surface area is 158 Å². The molecule has 0 unspecified atom stereocenters. The van der Waals surface area contributed by atoms with E-state index < -0.39 is 10.0 Å². The van der Waals surface area contributed by atoms with E-state index in [1.54, 1.807) is 16.4 Å². The second-order valence-electron chi connectivity index (χ2n) is 6.35. The molecule has 1 heterocycles. The molecule has 26 heavy (non-hydrogen) atoms. The van der Waals surface area contributed by atoms with Gasteiger partial charge in [0, 0.05) is 26.2 Å². The predicted octanol–water partition coefficient (Wildman–Crippen LogP) is 4.00. The molecule has 6 heteroatoms. The maximum absolute atomic E-state index is 13.0. The Hall–Kier alpha value is -2.08. The normalized spacial score (nSPS) is 16.1. The van der Waals surface area contributed by atoms with E-state index in [1.807, 2.05) is 54.6 Å². The van der Waals surface area contributed by atoms with Crippen molar-refractivity contribution in [1.29, 1.82) is 0 Å². The molecule has 0 radical (unpaired) electrons. The van der Waals surface area contributed by atoms with Gasteiger partial charge >= 0.3 is 0 Å². The molecule has 0 saturated carbocycles. The highest BCUT2D eigenvalue weighted by molar-refractivity contribution is 7.89. The van der Waals surface area contributed by atoms with Crippen LogP contribution >= 0.6 is 11.6 Å². The van der Waals surface area contributed by atoms with Gasteiger partial charge in [0.25, 0.3) is 0 Å². The SMILES string of the molecule is O=S(=O)(c1ccc2ccccc2c1)N1CCN(c2ccccc2Cl)CC1. The van der Waals surface area contributed by atoms with Gasteiger partial charge in [0.1, 0.15) is 0 Å². The highest BCUT2D eigenvalue weighted by atomic mass is 35.5. The fourth-order valence-corrected chi connectivity index (χ4v) is 5.07. The van der Waals surface area contributed by atoms with Gasteiger partial charge < -0.3 is 4.90 Å². The number of nitrogens with zero attached hydrogens (tertiary/aromatic N) is 2. The molecule has 1 aliphatic heterocycles. The molecule has 134 valence electrons. The van der Waals surface area contributed by atoms with Crippen molar-refractivity contribution in [2.24, 2.45) is 0 Å². The molecule has 4 rings (SSSR count). The number of para-hydroxylation sites is 1. The van der Waals surface area contributed by atoms with Crippen LogP contribution in [0.1, 0.15) is 0 Å². The van der Waals surface area contributed by atoms with Crippen molar-refractivity contribution < 1.29 is 8.42 Å². The van der Waals surface area contributed by atoms with Crippen LogP contribution in [-0.2, 0) is 10.0 Å². The monoisotopic (exact) mass is 386 g/mol. The highest BCUT2D eigenvalue weighted by Gasteiger charge is 2.29. The van der Waals surface area contributed by atoms with Crippen LogP contribution in [0.2, 0.25) is 5.02 Å². The summed E-state index contributed by atoms with van der Waals surface area (Å²) in [6.07, 6.45) is 0. The third-order valence-corrected chi connectivity index (χ3v) is 7.00. The highest BCUT2D eigenvalue weighted by Crippen LogP contribution is 2.28. The quantitative estimate of drug-likeness (QED) is 0.683. The molecule has 0 bridgehead atoms.